The fourth-order valence-electron chi connectivity index (χ4n) is 7.44. The van der Waals surface area contributed by atoms with Crippen LogP contribution in [-0.4, -0.2) is 3.21 Å². The Labute approximate surface area is 380 Å². The van der Waals surface area contributed by atoms with Gasteiger partial charge in [-0.05, 0) is 69.2 Å². The van der Waals surface area contributed by atoms with E-state index in [4.69, 9.17) is 11.6 Å². The Hall–Kier alpha value is -3.71. The Kier molecular flexibility index (Phi) is 16.6. The summed E-state index contributed by atoms with van der Waals surface area (Å²) in [5.74, 6) is 0. The van der Waals surface area contributed by atoms with Crippen molar-refractivity contribution in [2.45, 2.75) is 79.1 Å². The van der Waals surface area contributed by atoms with Crippen molar-refractivity contribution in [3.8, 4) is 22.3 Å². The summed E-state index contributed by atoms with van der Waals surface area (Å²) in [5, 5.41) is 6.18. The van der Waals surface area contributed by atoms with E-state index < -0.39 is 0 Å². The van der Waals surface area contributed by atoms with Crippen LogP contribution in [0.5, 0.6) is 0 Å². The van der Waals surface area contributed by atoms with Gasteiger partial charge in [-0.2, -0.15) is 6.08 Å². The minimum absolute atomic E-state index is 0. The van der Waals surface area contributed by atoms with Crippen LogP contribution in [0.4, 0.5) is 0 Å². The van der Waals surface area contributed by atoms with Crippen molar-refractivity contribution >= 4 is 61.2 Å². The molecule has 0 unspecified atom stereocenters. The third-order valence-corrected chi connectivity index (χ3v) is 11.9. The molecule has 0 aliphatic heterocycles. The first-order chi connectivity index (χ1) is 26.7. The van der Waals surface area contributed by atoms with Crippen molar-refractivity contribution in [2.75, 3.05) is 0 Å². The van der Waals surface area contributed by atoms with Crippen LogP contribution in [0, 0.1) is 19.9 Å². The Morgan fingerprint density at radius 3 is 1.48 bits per heavy atom. The van der Waals surface area contributed by atoms with E-state index in [9.17, 15) is 0 Å². The average Bonchev–Trinajstić information content (AvgIpc) is 3.86. The van der Waals surface area contributed by atoms with E-state index in [1.165, 1.54) is 105 Å². The molecule has 0 aromatic heterocycles. The Balaban J connectivity index is 0.000000268. The molecule has 0 radical (unpaired) electrons. The monoisotopic (exact) mass is 898 g/mol. The minimum atomic E-state index is 0. The molecule has 8 rings (SSSR count). The van der Waals surface area contributed by atoms with Crippen LogP contribution in [0.2, 0.25) is 5.02 Å². The molecule has 0 amide bonds. The van der Waals surface area contributed by atoms with Crippen LogP contribution in [0.25, 0.3) is 43.8 Å². The van der Waals surface area contributed by atoms with E-state index in [0.717, 1.165) is 17.9 Å². The van der Waals surface area contributed by atoms with Gasteiger partial charge in [-0.1, -0.05) is 102 Å². The van der Waals surface area contributed by atoms with E-state index in [0.29, 0.717) is 0 Å². The van der Waals surface area contributed by atoms with Crippen LogP contribution < -0.4 is 0 Å². The van der Waals surface area contributed by atoms with Gasteiger partial charge in [0.25, 0.3) is 0 Å². The number of benzene rings is 6. The molecule has 1 aliphatic rings. The second-order valence-corrected chi connectivity index (χ2v) is 18.8. The molecule has 0 bridgehead atoms. The average molecular weight is 902 g/mol. The molecular weight excluding hydrogens is 846 g/mol. The summed E-state index contributed by atoms with van der Waals surface area (Å²) in [5.41, 5.74) is 13.6. The summed E-state index contributed by atoms with van der Waals surface area (Å²) < 4.78 is 1.45. The summed E-state index contributed by atoms with van der Waals surface area (Å²) >= 11 is 7.34. The van der Waals surface area contributed by atoms with Gasteiger partial charge in [0.05, 0.1) is 0 Å². The third-order valence-electron chi connectivity index (χ3n) is 10.5. The SMILES string of the molecule is Cc1ccccc1-c1cc2[cH-]c3cc(-c4ccccc4C)c(C(C)(C)C)cc3c2cc1C(C)(C)C.Cl.Cl.Clc1ccc([C](=[Zr+2])Cc2ccccc2)cc1.[C-]1=CC=CC1. The molecule has 296 valence electrons. The maximum atomic E-state index is 5.87. The molecule has 0 atom stereocenters. The molecule has 0 saturated carbocycles. The molecule has 0 nitrogen and oxygen atoms in total. The van der Waals surface area contributed by atoms with Gasteiger partial charge >= 0.3 is 116 Å². The first-order valence-corrected chi connectivity index (χ1v) is 21.2. The number of rotatable bonds is 5. The molecule has 0 saturated heterocycles. The van der Waals surface area contributed by atoms with E-state index in [1.54, 1.807) is 0 Å². The predicted molar refractivity (Wildman–Crippen MR) is 257 cm³/mol. The maximum absolute atomic E-state index is 5.87. The van der Waals surface area contributed by atoms with E-state index in [-0.39, 0.29) is 35.6 Å². The van der Waals surface area contributed by atoms with Gasteiger partial charge in [-0.15, -0.1) is 71.0 Å². The fraction of sp³-hybridized carbons (Fsp3) is 0.222. The van der Waals surface area contributed by atoms with Gasteiger partial charge < -0.3 is 0 Å². The van der Waals surface area contributed by atoms with E-state index in [2.05, 4.69) is 189 Å². The van der Waals surface area contributed by atoms with Crippen LogP contribution >= 0.6 is 36.4 Å². The topological polar surface area (TPSA) is 0 Å². The summed E-state index contributed by atoms with van der Waals surface area (Å²) in [6, 6.07) is 48.4. The molecule has 0 N–H and O–H groups in total. The summed E-state index contributed by atoms with van der Waals surface area (Å²) in [6.07, 6.45) is 11.0. The van der Waals surface area contributed by atoms with Gasteiger partial charge in [0.15, 0.2) is 0 Å². The minimum Gasteiger partial charge on any atom is -0.273 e. The van der Waals surface area contributed by atoms with Crippen LogP contribution in [0.15, 0.2) is 152 Å². The van der Waals surface area contributed by atoms with Crippen molar-refractivity contribution in [3.05, 3.63) is 196 Å². The van der Waals surface area contributed by atoms with Gasteiger partial charge in [0, 0.05) is 0 Å². The van der Waals surface area contributed by atoms with Crippen molar-refractivity contribution in [1.82, 2.24) is 0 Å². The molecule has 0 fully saturated rings. The number of allylic oxidation sites excluding steroid dienone is 4. The van der Waals surface area contributed by atoms with Gasteiger partial charge in [0.2, 0.25) is 0 Å². The quantitative estimate of drug-likeness (QED) is 0.151. The zero-order valence-electron chi connectivity index (χ0n) is 35.0. The molecule has 7 aromatic rings. The smallest absolute Gasteiger partial charge is 0.109 e. The molecule has 7 aromatic carbocycles. The Bertz CT molecular complexity index is 2390. The standard InChI is InChI=1S/C35H37.C14H11Cl.C5H5.2ClH.Zr/c1-22-13-9-11-15-26(22)30-18-24-17-25-19-31(27-16-12-10-14-23(27)2)33(35(6,7)8)21-29(25)28(24)20-32(30)34(3,4)5;15-14-10-8-13(9-11-14)7-6-12-4-2-1-3-5-12;1-2-4-5-3-1;;;/h9-21H,1-8H3;1-5,8-11H,6H2;1-3H,4H2;2*1H;/q-1;;-1;;;+2. The van der Waals surface area contributed by atoms with Crippen LogP contribution in [0.1, 0.15) is 81.3 Å². The number of fused-ring (bicyclic) bond motifs is 3. The van der Waals surface area contributed by atoms with Crippen LogP contribution in [0.3, 0.4) is 0 Å². The predicted octanol–water partition coefficient (Wildman–Crippen LogP) is 16.1. The van der Waals surface area contributed by atoms with Crippen molar-refractivity contribution in [2.24, 2.45) is 0 Å². The zero-order chi connectivity index (χ0) is 40.0. The molecule has 1 aliphatic carbocycles. The zero-order valence-corrected chi connectivity index (χ0v) is 39.9. The van der Waals surface area contributed by atoms with Crippen LogP contribution in [-0.2, 0) is 41.5 Å². The molecular formula is C54H55Cl3Zr. The summed E-state index contributed by atoms with van der Waals surface area (Å²) in [6.45, 7) is 18.4. The van der Waals surface area contributed by atoms with Gasteiger partial charge in [0.1, 0.15) is 0 Å². The van der Waals surface area contributed by atoms with E-state index >= 15 is 0 Å². The number of aryl methyl sites for hydroxylation is 2. The van der Waals surface area contributed by atoms with E-state index in [1.807, 2.05) is 24.3 Å². The number of hydrogen-bond donors (Lipinski definition) is 0. The van der Waals surface area contributed by atoms with Crippen molar-refractivity contribution in [3.63, 3.8) is 0 Å². The van der Waals surface area contributed by atoms with Gasteiger partial charge in [-0.25, -0.2) is 12.2 Å². The Morgan fingerprint density at radius 1 is 0.621 bits per heavy atom. The fourth-order valence-corrected chi connectivity index (χ4v) is 8.47. The number of hydrogen-bond acceptors (Lipinski definition) is 0. The largest absolute Gasteiger partial charge is 0.273 e. The van der Waals surface area contributed by atoms with Crippen molar-refractivity contribution in [1.29, 1.82) is 0 Å². The van der Waals surface area contributed by atoms with Gasteiger partial charge in [-0.3, -0.25) is 6.08 Å². The maximum Gasteiger partial charge on any atom is -0.109 e. The first kappa shape index (κ1) is 47.0. The third kappa shape index (κ3) is 11.5. The molecule has 4 heteroatoms. The first-order valence-electron chi connectivity index (χ1n) is 19.6. The molecule has 0 heterocycles. The Morgan fingerprint density at radius 2 is 1.09 bits per heavy atom. The number of halogens is 3. The molecule has 58 heavy (non-hydrogen) atoms. The normalized spacial score (nSPS) is 11.9. The molecule has 0 spiro atoms. The summed E-state index contributed by atoms with van der Waals surface area (Å²) in [4.78, 5) is 0. The summed E-state index contributed by atoms with van der Waals surface area (Å²) in [7, 11) is 0. The second kappa shape index (κ2) is 20.5. The van der Waals surface area contributed by atoms with Crippen molar-refractivity contribution < 1.29 is 24.2 Å². The second-order valence-electron chi connectivity index (χ2n) is 16.9.